The van der Waals surface area contributed by atoms with Gasteiger partial charge in [-0.05, 0) is 114 Å². The fourth-order valence-electron chi connectivity index (χ4n) is 9.30. The molecule has 4 aromatic carbocycles. The lowest BCUT2D eigenvalue weighted by Crippen LogP contribution is -3.00. The van der Waals surface area contributed by atoms with Gasteiger partial charge in [-0.2, -0.15) is 36.9 Å². The molecule has 2 heterocycles. The van der Waals surface area contributed by atoms with Crippen LogP contribution in [0.5, 0.6) is 0 Å². The second-order valence-corrected chi connectivity index (χ2v) is 20.8. The van der Waals surface area contributed by atoms with E-state index in [9.17, 15) is 65.6 Å². The van der Waals surface area contributed by atoms with Crippen LogP contribution in [0.25, 0.3) is 0 Å². The van der Waals surface area contributed by atoms with Crippen LogP contribution in [0.2, 0.25) is 0 Å². The first kappa shape index (κ1) is 66.7. The maximum Gasteiger partial charge on any atom is 0.416 e. The van der Waals surface area contributed by atoms with Gasteiger partial charge in [-0.15, -0.1) is 0 Å². The number of likely N-dealkylation sites (N-methyl/N-ethyl adjacent to an activating group) is 3. The van der Waals surface area contributed by atoms with Crippen molar-refractivity contribution in [2.75, 3.05) is 118 Å². The number of nitrogens with one attached hydrogen (secondary N) is 2. The van der Waals surface area contributed by atoms with E-state index in [2.05, 4.69) is 10.6 Å². The molecule has 448 valence electrons. The molecule has 2 atom stereocenters. The number of hydrogen-bond donors (Lipinski definition) is 2. The number of urea groups is 2. The monoisotopic (exact) mass is 1280 g/mol. The van der Waals surface area contributed by atoms with Crippen molar-refractivity contribution in [3.63, 3.8) is 0 Å². The molecule has 4 aromatic rings. The highest BCUT2D eigenvalue weighted by Crippen LogP contribution is 2.43. The van der Waals surface area contributed by atoms with Crippen molar-refractivity contribution >= 4 is 47.2 Å². The highest BCUT2D eigenvalue weighted by molar-refractivity contribution is 6.05. The number of carbonyl (C=O) groups excluding carboxylic acids is 6. The number of ether oxygens (including phenoxy) is 2. The van der Waals surface area contributed by atoms with Crippen LogP contribution in [0.4, 0.5) is 47.3 Å². The molecule has 2 aliphatic rings. The molecule has 2 aliphatic heterocycles. The third kappa shape index (κ3) is 16.6. The van der Waals surface area contributed by atoms with Gasteiger partial charge in [-0.3, -0.25) is 19.4 Å². The second-order valence-electron chi connectivity index (χ2n) is 20.8. The minimum absolute atomic E-state index is 0. The number of amides is 6. The third-order valence-corrected chi connectivity index (χ3v) is 13.8. The largest absolute Gasteiger partial charge is 1.00 e. The normalized spacial score (nSPS) is 15.9. The summed E-state index contributed by atoms with van der Waals surface area (Å²) in [7, 11) is 10.6. The molecule has 6 amide bonds. The molecule has 0 saturated carbocycles. The average Bonchev–Trinajstić information content (AvgIpc) is 0.922. The Morgan fingerprint density at radius 2 is 0.940 bits per heavy atom. The Hall–Kier alpha value is -8.05. The molecule has 0 radical (unpaired) electrons. The zero-order chi connectivity index (χ0) is 61.1. The van der Waals surface area contributed by atoms with Crippen LogP contribution < -0.4 is 44.4 Å². The number of nitrogens with zero attached hydrogens (tertiary/aromatic N) is 9. The van der Waals surface area contributed by atoms with Gasteiger partial charge in [0.05, 0.1) is 109 Å². The quantitative estimate of drug-likeness (QED) is 0.0491. The topological polar surface area (TPSA) is 212 Å². The van der Waals surface area contributed by atoms with Gasteiger partial charge in [0, 0.05) is 24.5 Å². The van der Waals surface area contributed by atoms with Gasteiger partial charge >= 0.3 is 36.4 Å². The number of anilines is 2. The Kier molecular flexibility index (Phi) is 22.6. The highest BCUT2D eigenvalue weighted by atomic mass is 127. The molecule has 0 saturated heterocycles. The summed E-state index contributed by atoms with van der Waals surface area (Å²) in [5.74, 6) is -3.25. The van der Waals surface area contributed by atoms with E-state index < -0.39 is 84.5 Å². The number of quaternary nitrogens is 1. The fourth-order valence-corrected chi connectivity index (χ4v) is 9.30. The zero-order valence-electron chi connectivity index (χ0n) is 47.4. The summed E-state index contributed by atoms with van der Waals surface area (Å²) in [5.41, 5.74) is -1.97. The maximum atomic E-state index is 14.7. The van der Waals surface area contributed by atoms with Gasteiger partial charge < -0.3 is 68.2 Å². The maximum absolute atomic E-state index is 14.7. The van der Waals surface area contributed by atoms with Crippen molar-refractivity contribution in [3.05, 3.63) is 153 Å². The van der Waals surface area contributed by atoms with E-state index in [-0.39, 0.29) is 113 Å². The summed E-state index contributed by atoms with van der Waals surface area (Å²) in [6.07, 6.45) is -9.60. The van der Waals surface area contributed by atoms with Crippen LogP contribution in [0, 0.1) is 22.7 Å². The van der Waals surface area contributed by atoms with Crippen LogP contribution >= 0.6 is 0 Å². The van der Waals surface area contributed by atoms with Crippen LogP contribution in [-0.4, -0.2) is 168 Å². The first-order chi connectivity index (χ1) is 39.1. The predicted molar refractivity (Wildman–Crippen MR) is 292 cm³/mol. The summed E-state index contributed by atoms with van der Waals surface area (Å²) in [6, 6.07) is 19.1. The number of benzene rings is 4. The minimum Gasteiger partial charge on any atom is -1.00 e. The van der Waals surface area contributed by atoms with Gasteiger partial charge in [-0.1, -0.05) is 36.4 Å². The van der Waals surface area contributed by atoms with Gasteiger partial charge in [0.2, 0.25) is 11.8 Å². The molecule has 0 unspecified atom stereocenters. The Balaban J connectivity index is 0.0000129. The summed E-state index contributed by atoms with van der Waals surface area (Å²) in [5, 5.41) is 24.7. The lowest BCUT2D eigenvalue weighted by Gasteiger charge is -2.42. The van der Waals surface area contributed by atoms with Crippen molar-refractivity contribution in [1.29, 1.82) is 10.5 Å². The van der Waals surface area contributed by atoms with Gasteiger partial charge in [-0.25, -0.2) is 19.2 Å². The first-order valence-electron chi connectivity index (χ1n) is 26.0. The fraction of sp³-hybridized carbons (Fsp3) is 0.379. The zero-order valence-corrected chi connectivity index (χ0v) is 49.6. The average molecular weight is 1280 g/mol. The van der Waals surface area contributed by atoms with Crippen molar-refractivity contribution in [2.45, 2.75) is 38.3 Å². The van der Waals surface area contributed by atoms with Crippen LogP contribution in [0.1, 0.15) is 59.3 Å². The van der Waals surface area contributed by atoms with E-state index >= 15 is 0 Å². The number of nitriles is 2. The second kappa shape index (κ2) is 28.5. The van der Waals surface area contributed by atoms with Gasteiger partial charge in [0.25, 0.3) is 0 Å². The summed E-state index contributed by atoms with van der Waals surface area (Å²) < 4.78 is 95.8. The van der Waals surface area contributed by atoms with Crippen molar-refractivity contribution in [2.24, 2.45) is 0 Å². The number of carbonyl (C=O) groups is 6. The van der Waals surface area contributed by atoms with Crippen molar-refractivity contribution in [3.8, 4) is 12.1 Å². The molecule has 2 N–H and O–H groups in total. The molecular weight excluding hydrogens is 1220 g/mol. The minimum atomic E-state index is -4.80. The standard InChI is InChI=1S/C58H63F6N11O8.HI/c1-37-49(53(78)82-29-25-69(3)4)51(41-19-15-39(33-65)16-20-41)71(55(80)73(37)45-13-9-11-43(31-45)57(59,60)61)35-47(76)67-23-27-75(7,8)28-24-68-48(77)36-72-52(42-21-17-40(34-66)18-22-42)50(54(79)83-30-26-70(5)6)38(2)74(56(72)81)46-14-10-12-44(32-46)58(62,63)64;/h9-22,31-32,51-52H,23-30,35-36H2,1-8H3,(H-,67,68,76,77);1H/t51-,52-;/m1./s1. The van der Waals surface area contributed by atoms with Crippen molar-refractivity contribution < 1.29 is 93.0 Å². The Bertz CT molecular complexity index is 3020. The van der Waals surface area contributed by atoms with E-state index in [0.717, 1.165) is 56.0 Å². The molecule has 84 heavy (non-hydrogen) atoms. The smallest absolute Gasteiger partial charge is 0.416 e. The van der Waals surface area contributed by atoms with Gasteiger partial charge in [0.1, 0.15) is 26.3 Å². The number of alkyl halides is 6. The molecule has 0 bridgehead atoms. The lowest BCUT2D eigenvalue weighted by atomic mass is 9.92. The van der Waals surface area contributed by atoms with Crippen LogP contribution in [0.15, 0.2) is 120 Å². The Morgan fingerprint density at radius 3 is 1.25 bits per heavy atom. The number of rotatable bonds is 22. The highest BCUT2D eigenvalue weighted by Gasteiger charge is 2.46. The molecule has 0 spiro atoms. The van der Waals surface area contributed by atoms with E-state index in [0.29, 0.717) is 24.2 Å². The number of hydrogen-bond acceptors (Lipinski definition) is 12. The predicted octanol–water partition coefficient (Wildman–Crippen LogP) is 4.20. The number of esters is 2. The first-order valence-corrected chi connectivity index (χ1v) is 26.0. The molecular formula is C58H64F6IN11O8. The van der Waals surface area contributed by atoms with E-state index in [4.69, 9.17) is 9.47 Å². The molecule has 19 nitrogen and oxygen atoms in total. The van der Waals surface area contributed by atoms with Crippen LogP contribution in [-0.2, 0) is 41.0 Å². The molecule has 26 heteroatoms. The van der Waals surface area contributed by atoms with Crippen molar-refractivity contribution in [1.82, 2.24) is 30.2 Å². The summed E-state index contributed by atoms with van der Waals surface area (Å²) >= 11 is 0. The molecule has 0 aliphatic carbocycles. The number of halogens is 7. The lowest BCUT2D eigenvalue weighted by molar-refractivity contribution is -0.887. The number of allylic oxidation sites excluding steroid dienone is 2. The SMILES string of the molecule is CC1=C(C(=O)OCCN(C)C)[C@@H](c2ccc(C#N)cc2)N(CC(=O)NCC[N+](C)(C)CCNC(=O)CN2C(=O)N(c3cccc(C(F)(F)F)c3)C(C)=C(C(=O)OCCN(C)C)[C@H]2c2ccc(C#N)cc2)C(=O)N1c1cccc(C(F)(F)F)c1.[I-]. The van der Waals surface area contributed by atoms with Crippen LogP contribution in [0.3, 0.4) is 0 Å². The van der Waals surface area contributed by atoms with Gasteiger partial charge in [0.15, 0.2) is 0 Å². The van der Waals surface area contributed by atoms with E-state index in [1.165, 1.54) is 74.5 Å². The van der Waals surface area contributed by atoms with E-state index in [1.54, 1.807) is 52.1 Å². The molecule has 6 rings (SSSR count). The summed E-state index contributed by atoms with van der Waals surface area (Å²) in [4.78, 5) is 93.2. The summed E-state index contributed by atoms with van der Waals surface area (Å²) in [6.45, 7) is 2.14. The third-order valence-electron chi connectivity index (χ3n) is 13.8. The Morgan fingerprint density at radius 1 is 0.595 bits per heavy atom. The van der Waals surface area contributed by atoms with E-state index in [1.807, 2.05) is 12.1 Å². The Labute approximate surface area is 499 Å². The molecule has 0 aromatic heterocycles. The molecule has 0 fully saturated rings.